The highest BCUT2D eigenvalue weighted by Gasteiger charge is 2.35. The van der Waals surface area contributed by atoms with Crippen LogP contribution in [0.25, 0.3) is 5.65 Å². The Bertz CT molecular complexity index is 1080. The highest BCUT2D eigenvalue weighted by molar-refractivity contribution is 6.48. The third kappa shape index (κ3) is 3.65. The summed E-state index contributed by atoms with van der Waals surface area (Å²) in [5.74, 6) is 1.82. The lowest BCUT2D eigenvalue weighted by atomic mass is 10.2. The fourth-order valence-corrected chi connectivity index (χ4v) is 3.70. The molecule has 4 rings (SSSR count). The lowest BCUT2D eigenvalue weighted by Crippen LogP contribution is -2.47. The van der Waals surface area contributed by atoms with E-state index in [-0.39, 0.29) is 0 Å². The smallest absolute Gasteiger partial charge is 0.183 e. The normalized spacial score (nSPS) is 21.4. The van der Waals surface area contributed by atoms with E-state index in [2.05, 4.69) is 46.1 Å². The zero-order valence-electron chi connectivity index (χ0n) is 18.2. The molecule has 0 radical (unpaired) electrons. The number of fused-ring (bicyclic) bond motifs is 1. The number of hydrogen-bond acceptors (Lipinski definition) is 7. The molecule has 2 aromatic rings. The molecule has 3 N–H and O–H groups in total. The molecule has 1 fully saturated rings. The summed E-state index contributed by atoms with van der Waals surface area (Å²) in [5.41, 5.74) is 8.08. The van der Waals surface area contributed by atoms with Crippen LogP contribution in [-0.4, -0.2) is 95.7 Å². The Labute approximate surface area is 176 Å². The van der Waals surface area contributed by atoms with Gasteiger partial charge in [0.1, 0.15) is 17.5 Å². The van der Waals surface area contributed by atoms with Gasteiger partial charge in [-0.3, -0.25) is 5.41 Å². The molecule has 1 atom stereocenters. The molecule has 10 heteroatoms. The molecule has 2 aliphatic rings. The Hall–Kier alpha value is -3.27. The highest BCUT2D eigenvalue weighted by atomic mass is 15.4. The van der Waals surface area contributed by atoms with Gasteiger partial charge in [-0.25, -0.2) is 19.5 Å². The quantitative estimate of drug-likeness (QED) is 0.731. The summed E-state index contributed by atoms with van der Waals surface area (Å²) in [6.07, 6.45) is 6.19. The average Bonchev–Trinajstić information content (AvgIpc) is 3.31. The van der Waals surface area contributed by atoms with E-state index in [4.69, 9.17) is 11.1 Å². The van der Waals surface area contributed by atoms with Gasteiger partial charge < -0.3 is 20.0 Å². The molecule has 30 heavy (non-hydrogen) atoms. The van der Waals surface area contributed by atoms with Gasteiger partial charge in [0.15, 0.2) is 17.3 Å². The maximum Gasteiger partial charge on any atom is 0.183 e. The van der Waals surface area contributed by atoms with E-state index in [0.717, 1.165) is 29.8 Å². The molecule has 0 aromatic carbocycles. The van der Waals surface area contributed by atoms with E-state index in [1.807, 2.05) is 31.3 Å². The van der Waals surface area contributed by atoms with Crippen molar-refractivity contribution < 1.29 is 4.48 Å². The Kier molecular flexibility index (Phi) is 4.81. The molecule has 1 saturated heterocycles. The molecule has 0 saturated carbocycles. The summed E-state index contributed by atoms with van der Waals surface area (Å²) < 4.78 is 2.56. The van der Waals surface area contributed by atoms with Crippen molar-refractivity contribution in [3.05, 3.63) is 30.2 Å². The zero-order valence-corrected chi connectivity index (χ0v) is 18.2. The van der Waals surface area contributed by atoms with E-state index < -0.39 is 0 Å². The molecule has 0 aliphatic carbocycles. The molecule has 0 amide bonds. The topological polar surface area (TPSA) is 111 Å². The van der Waals surface area contributed by atoms with Crippen LogP contribution >= 0.6 is 0 Å². The average molecular weight is 410 g/mol. The number of hydrogen-bond donors (Lipinski definition) is 2. The molecule has 10 nitrogen and oxygen atoms in total. The first-order chi connectivity index (χ1) is 14.1. The van der Waals surface area contributed by atoms with Crippen LogP contribution in [0.4, 0.5) is 11.5 Å². The number of dihydropyridines is 1. The number of aliphatic imine (C=N–C) groups is 2. The van der Waals surface area contributed by atoms with Crippen molar-refractivity contribution in [3.63, 3.8) is 0 Å². The molecule has 2 aromatic heterocycles. The van der Waals surface area contributed by atoms with Crippen LogP contribution in [0.2, 0.25) is 0 Å². The van der Waals surface area contributed by atoms with Crippen molar-refractivity contribution in [1.29, 1.82) is 5.41 Å². The summed E-state index contributed by atoms with van der Waals surface area (Å²) in [4.78, 5) is 18.0. The summed E-state index contributed by atoms with van der Waals surface area (Å²) in [7, 11) is 10.5. The van der Waals surface area contributed by atoms with E-state index in [1.54, 1.807) is 16.8 Å². The van der Waals surface area contributed by atoms with E-state index in [9.17, 15) is 0 Å². The van der Waals surface area contributed by atoms with Crippen LogP contribution in [0.15, 0.2) is 40.2 Å². The molecule has 158 valence electrons. The zero-order chi connectivity index (χ0) is 21.6. The van der Waals surface area contributed by atoms with Gasteiger partial charge in [-0.2, -0.15) is 5.10 Å². The van der Waals surface area contributed by atoms with Crippen LogP contribution in [0.3, 0.4) is 0 Å². The molecular weight excluding hydrogens is 380 g/mol. The van der Waals surface area contributed by atoms with Crippen molar-refractivity contribution in [1.82, 2.24) is 19.5 Å². The van der Waals surface area contributed by atoms with Crippen LogP contribution in [-0.2, 0) is 0 Å². The lowest BCUT2D eigenvalue weighted by molar-refractivity contribution is -0.893. The van der Waals surface area contributed by atoms with Crippen LogP contribution in [0.1, 0.15) is 6.42 Å². The Morgan fingerprint density at radius 3 is 2.73 bits per heavy atom. The van der Waals surface area contributed by atoms with Gasteiger partial charge in [0.25, 0.3) is 0 Å². The van der Waals surface area contributed by atoms with Gasteiger partial charge in [-0.15, -0.1) is 0 Å². The second-order valence-corrected chi connectivity index (χ2v) is 8.87. The Morgan fingerprint density at radius 1 is 1.30 bits per heavy atom. The van der Waals surface area contributed by atoms with Crippen LogP contribution in [0, 0.1) is 5.41 Å². The largest absolute Gasteiger partial charge is 0.396 e. The van der Waals surface area contributed by atoms with Gasteiger partial charge in [-0.1, -0.05) is 0 Å². The number of amidine groups is 2. The first-order valence-corrected chi connectivity index (χ1v) is 9.95. The van der Waals surface area contributed by atoms with E-state index in [1.165, 1.54) is 0 Å². The van der Waals surface area contributed by atoms with Crippen molar-refractivity contribution in [2.24, 2.45) is 15.7 Å². The minimum atomic E-state index is 0.321. The Balaban J connectivity index is 1.69. The second-order valence-electron chi connectivity index (χ2n) is 8.87. The number of likely N-dealkylation sites (N-methyl/N-ethyl adjacent to an activating group) is 1. The summed E-state index contributed by atoms with van der Waals surface area (Å²) in [6.45, 7) is 1.73. The first-order valence-electron chi connectivity index (χ1n) is 9.95. The van der Waals surface area contributed by atoms with Gasteiger partial charge in [0, 0.05) is 33.3 Å². The summed E-state index contributed by atoms with van der Waals surface area (Å²) in [5, 5.41) is 12.7. The predicted molar refractivity (Wildman–Crippen MR) is 120 cm³/mol. The molecule has 1 unspecified atom stereocenters. The minimum absolute atomic E-state index is 0.321. The monoisotopic (exact) mass is 409 g/mol. The van der Waals surface area contributed by atoms with Gasteiger partial charge in [0.2, 0.25) is 0 Å². The van der Waals surface area contributed by atoms with E-state index >= 15 is 0 Å². The third-order valence-corrected chi connectivity index (χ3v) is 5.59. The molecular formula is C20H29N10+. The SMILES string of the molecule is CN(C)c1ccn2ncc(/N=C3\N=C(N4CCC([N+](C)(C)C)C4)C(=N)C=C3N)c2n1. The van der Waals surface area contributed by atoms with Crippen molar-refractivity contribution in [3.8, 4) is 0 Å². The van der Waals surface area contributed by atoms with Gasteiger partial charge >= 0.3 is 0 Å². The highest BCUT2D eigenvalue weighted by Crippen LogP contribution is 2.24. The molecule has 0 spiro atoms. The maximum absolute atomic E-state index is 8.39. The fourth-order valence-electron chi connectivity index (χ4n) is 3.70. The van der Waals surface area contributed by atoms with Crippen LogP contribution in [0.5, 0.6) is 0 Å². The summed E-state index contributed by atoms with van der Waals surface area (Å²) >= 11 is 0. The second kappa shape index (κ2) is 7.21. The number of nitrogens with zero attached hydrogens (tertiary/aromatic N) is 8. The molecule has 4 heterocycles. The van der Waals surface area contributed by atoms with Crippen molar-refractivity contribution in [2.75, 3.05) is 53.2 Å². The van der Waals surface area contributed by atoms with E-state index in [0.29, 0.717) is 40.5 Å². The van der Waals surface area contributed by atoms with Crippen molar-refractivity contribution >= 4 is 34.5 Å². The molecule has 0 bridgehead atoms. The first kappa shape index (κ1) is 20.0. The van der Waals surface area contributed by atoms with Gasteiger partial charge in [-0.05, 0) is 12.1 Å². The molecule has 2 aliphatic heterocycles. The van der Waals surface area contributed by atoms with Crippen molar-refractivity contribution in [2.45, 2.75) is 12.5 Å². The number of nitrogens with two attached hydrogens (primary N) is 1. The lowest BCUT2D eigenvalue weighted by Gasteiger charge is -2.31. The van der Waals surface area contributed by atoms with Crippen LogP contribution < -0.4 is 10.6 Å². The summed E-state index contributed by atoms with van der Waals surface area (Å²) in [6, 6.07) is 2.39. The maximum atomic E-state index is 8.39. The number of aromatic nitrogens is 3. The fraction of sp³-hybridized carbons (Fsp3) is 0.450. The predicted octanol–water partition coefficient (Wildman–Crippen LogP) is 0.880. The number of anilines is 1. The Morgan fingerprint density at radius 2 is 2.07 bits per heavy atom. The standard InChI is InChI=1S/C20H29N10/c1-27(2)17-7-9-29-20(25-17)16(11-23-29)24-18-14(21)10-15(22)19(26-18)28-8-6-13(12-28)30(3,4)5/h7,9-11,13,22H,6,8,12,21H2,1-5H3/q+1/b22-15?,24-18-. The van der Waals surface area contributed by atoms with Gasteiger partial charge in [0.05, 0.1) is 45.3 Å². The number of rotatable bonds is 3. The number of nitrogens with one attached hydrogen (secondary N) is 1. The number of quaternary nitrogens is 1. The number of likely N-dealkylation sites (tertiary alicyclic amines) is 1. The minimum Gasteiger partial charge on any atom is -0.396 e. The third-order valence-electron chi connectivity index (χ3n) is 5.59.